The number of para-hydroxylation sites is 1. The monoisotopic (exact) mass is 552 g/mol. The third kappa shape index (κ3) is 4.79. The number of aromatic nitrogens is 4. The molecule has 15 heteroatoms. The Kier molecular flexibility index (Phi) is 7.25. The summed E-state index contributed by atoms with van der Waals surface area (Å²) in [7, 11) is -4.04. The summed E-state index contributed by atoms with van der Waals surface area (Å²) in [6, 6.07) is 9.78. The van der Waals surface area contributed by atoms with Gasteiger partial charge in [-0.2, -0.15) is 10.4 Å². The molecule has 0 amide bonds. The van der Waals surface area contributed by atoms with Gasteiger partial charge in [0.25, 0.3) is 5.13 Å². The lowest BCUT2D eigenvalue weighted by molar-refractivity contribution is -0.119. The maximum absolute atomic E-state index is 15.9. The molecular weight excluding hydrogens is 530 g/mol. The second kappa shape index (κ2) is 9.96. The maximum Gasteiger partial charge on any atom is 0.379 e. The van der Waals surface area contributed by atoms with Crippen LogP contribution in [0.15, 0.2) is 42.9 Å². The number of imidazole rings is 1. The lowest BCUT2D eigenvalue weighted by Gasteiger charge is -2.28. The molecule has 196 valence electrons. The maximum atomic E-state index is 15.9. The molecule has 37 heavy (non-hydrogen) atoms. The van der Waals surface area contributed by atoms with Crippen molar-refractivity contribution in [1.82, 2.24) is 19.6 Å². The molecule has 2 unspecified atom stereocenters. The summed E-state index contributed by atoms with van der Waals surface area (Å²) in [5, 5.41) is 21.5. The van der Waals surface area contributed by atoms with Crippen LogP contribution >= 0.6 is 19.2 Å². The first-order chi connectivity index (χ1) is 17.4. The number of carbonyl (C=O) groups is 1. The van der Waals surface area contributed by atoms with Gasteiger partial charge in [-0.15, -0.1) is 0 Å². The van der Waals surface area contributed by atoms with Crippen LogP contribution in [0.5, 0.6) is 5.75 Å². The molecule has 1 fully saturated rings. The van der Waals surface area contributed by atoms with Gasteiger partial charge in [0.05, 0.1) is 19.0 Å². The first kappa shape index (κ1) is 26.9. The molecule has 1 aromatic carbocycles. The number of Topliss-reactive ketones (excluding diaryl/α,β-unsaturated/α-hetero) is 1. The first-order valence-corrected chi connectivity index (χ1v) is 13.1. The van der Waals surface area contributed by atoms with Crippen molar-refractivity contribution in [3.63, 3.8) is 0 Å². The fourth-order valence-electron chi connectivity index (χ4n) is 3.81. The molecule has 1 aliphatic heterocycles. The zero-order valence-electron chi connectivity index (χ0n) is 19.7. The van der Waals surface area contributed by atoms with Crippen LogP contribution in [-0.4, -0.2) is 60.6 Å². The van der Waals surface area contributed by atoms with Gasteiger partial charge in [-0.1, -0.05) is 36.7 Å². The van der Waals surface area contributed by atoms with Gasteiger partial charge >= 0.3 is 7.60 Å². The van der Waals surface area contributed by atoms with E-state index in [9.17, 15) is 19.7 Å². The minimum Gasteiger partial charge on any atom is -0.424 e. The van der Waals surface area contributed by atoms with Gasteiger partial charge in [0.2, 0.25) is 5.60 Å². The first-order valence-electron chi connectivity index (χ1n) is 11.0. The van der Waals surface area contributed by atoms with Crippen molar-refractivity contribution < 1.29 is 32.6 Å². The Labute approximate surface area is 215 Å². The third-order valence-corrected chi connectivity index (χ3v) is 8.50. The van der Waals surface area contributed by atoms with E-state index in [1.165, 1.54) is 6.92 Å². The second-order valence-corrected chi connectivity index (χ2v) is 11.1. The fraction of sp³-hybridized carbons (Fsp3) is 0.409. The van der Waals surface area contributed by atoms with E-state index < -0.39 is 43.1 Å². The van der Waals surface area contributed by atoms with Gasteiger partial charge in [0.15, 0.2) is 11.5 Å². The van der Waals surface area contributed by atoms with E-state index in [0.717, 1.165) is 17.0 Å². The van der Waals surface area contributed by atoms with Crippen LogP contribution < -0.4 is 10.3 Å². The highest BCUT2D eigenvalue weighted by Gasteiger charge is 2.69. The smallest absolute Gasteiger partial charge is 0.379 e. The summed E-state index contributed by atoms with van der Waals surface area (Å²) in [6.45, 7) is 2.20. The molecule has 1 saturated heterocycles. The molecular formula is C22H23ClFN6O6P. The van der Waals surface area contributed by atoms with E-state index in [2.05, 4.69) is 15.1 Å². The van der Waals surface area contributed by atoms with Crippen LogP contribution in [0.3, 0.4) is 0 Å². The number of ketones is 1. The summed E-state index contributed by atoms with van der Waals surface area (Å²) in [5.74, 6) is -0.788. The minimum atomic E-state index is -4.04. The van der Waals surface area contributed by atoms with Gasteiger partial charge in [-0.3, -0.25) is 9.32 Å². The number of nitrogens with zero attached hydrogens (tertiary/aromatic N) is 5. The van der Waals surface area contributed by atoms with Crippen LogP contribution in [0, 0.1) is 17.2 Å². The largest absolute Gasteiger partial charge is 0.424 e. The van der Waals surface area contributed by atoms with Crippen LogP contribution in [-0.2, 0) is 24.2 Å². The fourth-order valence-corrected chi connectivity index (χ4v) is 6.11. The molecule has 6 atom stereocenters. The Morgan fingerprint density at radius 2 is 2.14 bits per heavy atom. The van der Waals surface area contributed by atoms with E-state index in [4.69, 9.17) is 31.1 Å². The Hall–Kier alpha value is -3.14. The zero-order valence-corrected chi connectivity index (χ0v) is 21.3. The second-order valence-electron chi connectivity index (χ2n) is 8.55. The highest BCUT2D eigenvalue weighted by atomic mass is 35.5. The molecule has 0 saturated carbocycles. The van der Waals surface area contributed by atoms with E-state index in [0.29, 0.717) is 0 Å². The van der Waals surface area contributed by atoms with E-state index in [1.807, 2.05) is 0 Å². The van der Waals surface area contributed by atoms with Gasteiger partial charge < -0.3 is 20.1 Å². The number of nitrogens with two attached hydrogens (primary N) is 1. The number of fused-ring (bicyclic) bond motifs is 1. The number of benzene rings is 1. The number of rotatable bonds is 9. The number of carbonyl (C=O) groups excluding carboxylic acids is 1. The molecule has 0 bridgehead atoms. The van der Waals surface area contributed by atoms with Crippen molar-refractivity contribution in [3.8, 4) is 11.8 Å². The molecule has 4 rings (SSSR count). The molecule has 0 spiro atoms. The minimum absolute atomic E-state index is 0.0105. The molecule has 2 aromatic heterocycles. The van der Waals surface area contributed by atoms with E-state index in [1.54, 1.807) is 43.3 Å². The Balaban J connectivity index is 1.64. The normalized spacial score (nSPS) is 27.9. The number of alkyl halides is 2. The van der Waals surface area contributed by atoms with Crippen LogP contribution in [0.1, 0.15) is 19.5 Å². The number of hydrogen-bond donors (Lipinski definition) is 2. The lowest BCUT2D eigenvalue weighted by atomic mass is 9.93. The van der Waals surface area contributed by atoms with E-state index in [-0.39, 0.29) is 34.9 Å². The van der Waals surface area contributed by atoms with Crippen molar-refractivity contribution in [2.24, 2.45) is 5.92 Å². The van der Waals surface area contributed by atoms with Gasteiger partial charge in [0.1, 0.15) is 41.8 Å². The number of ether oxygens (including phenoxy) is 1. The molecule has 0 aliphatic carbocycles. The molecule has 3 aromatic rings. The predicted octanol–water partition coefficient (Wildman–Crippen LogP) is 2.60. The summed E-state index contributed by atoms with van der Waals surface area (Å²) < 4.78 is 47.4. The van der Waals surface area contributed by atoms with Gasteiger partial charge in [-0.05, 0) is 19.1 Å². The molecule has 1 aliphatic rings. The Morgan fingerprint density at radius 3 is 2.78 bits per heavy atom. The summed E-state index contributed by atoms with van der Waals surface area (Å²) >= 11 is 6.09. The molecule has 0 radical (unpaired) electrons. The van der Waals surface area contributed by atoms with Gasteiger partial charge in [-0.25, -0.2) is 23.4 Å². The zero-order chi connectivity index (χ0) is 27.0. The standard InChI is InChI=1S/C22H23ClFN6O6P/c1-13(14(2)31)10-37(33,36-15-6-4-3-5-7-15)34-9-16-18(32)22(23,24)21(11-25,35-16)17-8-27-20-19(26)28-12-29-30(17)20/h3-8,12-13,16,18,32H,9-10H2,1-2H3,(H2,26,28,29)/t13-,16-,18?,21+,22-,37?/m1/s1. The van der Waals surface area contributed by atoms with Crippen LogP contribution in [0.25, 0.3) is 5.65 Å². The number of anilines is 1. The van der Waals surface area contributed by atoms with E-state index >= 15 is 4.39 Å². The summed E-state index contributed by atoms with van der Waals surface area (Å²) in [4.78, 5) is 19.6. The number of nitriles is 1. The Bertz CT molecular complexity index is 1400. The quantitative estimate of drug-likeness (QED) is 0.295. The van der Waals surface area contributed by atoms with Gasteiger partial charge in [0, 0.05) is 5.92 Å². The van der Waals surface area contributed by atoms with Crippen LogP contribution in [0.2, 0.25) is 0 Å². The van der Waals surface area contributed by atoms with Crippen molar-refractivity contribution in [2.45, 2.75) is 36.8 Å². The highest BCUT2D eigenvalue weighted by Crippen LogP contribution is 2.54. The lowest BCUT2D eigenvalue weighted by Crippen LogP contribution is -2.46. The highest BCUT2D eigenvalue weighted by molar-refractivity contribution is 7.54. The Morgan fingerprint density at radius 1 is 1.43 bits per heavy atom. The summed E-state index contributed by atoms with van der Waals surface area (Å²) in [6.07, 6.45) is -1.85. The predicted molar refractivity (Wildman–Crippen MR) is 128 cm³/mol. The topological polar surface area (TPSA) is 175 Å². The van der Waals surface area contributed by atoms with Crippen molar-refractivity contribution in [3.05, 3.63) is 48.5 Å². The van der Waals surface area contributed by atoms with Crippen molar-refractivity contribution in [2.75, 3.05) is 18.5 Å². The van der Waals surface area contributed by atoms with Crippen LogP contribution in [0.4, 0.5) is 10.2 Å². The number of nitrogen functional groups attached to an aromatic ring is 1. The SMILES string of the molecule is CC(=O)[C@H](C)CP(=O)(OC[C@H]1O[C@@](C#N)(c2cnc3c(N)ncnn23)[C@@](F)(Cl)C1O)Oc1ccccc1. The number of aliphatic hydroxyl groups excluding tert-OH is 1. The molecule has 3 N–H and O–H groups in total. The van der Waals surface area contributed by atoms with Crippen molar-refractivity contribution in [1.29, 1.82) is 5.26 Å². The number of halogens is 2. The number of hydrogen-bond acceptors (Lipinski definition) is 11. The average molecular weight is 553 g/mol. The van der Waals surface area contributed by atoms with Crippen molar-refractivity contribution >= 4 is 36.4 Å². The molecule has 3 heterocycles. The molecule has 12 nitrogen and oxygen atoms in total. The third-order valence-electron chi connectivity index (χ3n) is 5.98. The summed E-state index contributed by atoms with van der Waals surface area (Å²) in [5.41, 5.74) is 2.91. The number of aliphatic hydroxyl groups is 1. The average Bonchev–Trinajstić information content (AvgIpc) is 3.37.